The van der Waals surface area contributed by atoms with Gasteiger partial charge in [0.2, 0.25) is 5.88 Å². The van der Waals surface area contributed by atoms with Crippen molar-refractivity contribution < 1.29 is 18.8 Å². The number of carbonyl (C=O) groups excluding carboxylic acids is 2. The van der Waals surface area contributed by atoms with E-state index in [1.807, 2.05) is 42.1 Å². The van der Waals surface area contributed by atoms with E-state index in [1.54, 1.807) is 25.1 Å². The highest BCUT2D eigenvalue weighted by Gasteiger charge is 2.21. The summed E-state index contributed by atoms with van der Waals surface area (Å²) in [6.45, 7) is 5.19. The zero-order valence-electron chi connectivity index (χ0n) is 14.7. The Hall–Kier alpha value is -3.35. The Kier molecular flexibility index (Phi) is 4.88. The van der Waals surface area contributed by atoms with Crippen LogP contribution in [0.25, 0.3) is 5.69 Å². The molecule has 1 unspecified atom stereocenters. The minimum Gasteiger partial charge on any atom is -0.449 e. The molecule has 3 aromatic rings. The number of aryl methyl sites for hydroxylation is 2. The van der Waals surface area contributed by atoms with Gasteiger partial charge < -0.3 is 13.8 Å². The first-order valence-electron chi connectivity index (χ1n) is 8.13. The molecule has 2 heterocycles. The Morgan fingerprint density at radius 3 is 2.58 bits per heavy atom. The number of carbonyl (C=O) groups is 2. The SMILES string of the molecule is Cc1cc(NC(=O)C(C)OC(=O)c2ccc(C)c(-n3cccc3)c2)on1. The normalized spacial score (nSPS) is 11.8. The van der Waals surface area contributed by atoms with Crippen molar-refractivity contribution in [3.8, 4) is 5.69 Å². The van der Waals surface area contributed by atoms with Crippen LogP contribution < -0.4 is 5.32 Å². The average Bonchev–Trinajstić information content (AvgIpc) is 3.27. The maximum absolute atomic E-state index is 12.4. The lowest BCUT2D eigenvalue weighted by Crippen LogP contribution is -2.29. The highest BCUT2D eigenvalue weighted by molar-refractivity contribution is 5.96. The quantitative estimate of drug-likeness (QED) is 0.712. The van der Waals surface area contributed by atoms with Crippen LogP contribution in [0, 0.1) is 13.8 Å². The monoisotopic (exact) mass is 353 g/mol. The van der Waals surface area contributed by atoms with Gasteiger partial charge in [-0.25, -0.2) is 4.79 Å². The van der Waals surface area contributed by atoms with Gasteiger partial charge in [0.05, 0.1) is 11.3 Å². The summed E-state index contributed by atoms with van der Waals surface area (Å²) in [6, 6.07) is 10.6. The fraction of sp³-hybridized carbons (Fsp3) is 0.211. The Bertz CT molecular complexity index is 928. The first-order chi connectivity index (χ1) is 12.4. The lowest BCUT2D eigenvalue weighted by Gasteiger charge is -2.14. The number of nitrogens with zero attached hydrogens (tertiary/aromatic N) is 2. The van der Waals surface area contributed by atoms with Gasteiger partial charge in [0.15, 0.2) is 6.10 Å². The van der Waals surface area contributed by atoms with Crippen molar-refractivity contribution in [3.05, 3.63) is 65.6 Å². The zero-order chi connectivity index (χ0) is 18.7. The van der Waals surface area contributed by atoms with Crippen molar-refractivity contribution in [1.29, 1.82) is 0 Å². The molecule has 0 saturated heterocycles. The van der Waals surface area contributed by atoms with Crippen LogP contribution in [0.4, 0.5) is 5.88 Å². The van der Waals surface area contributed by atoms with Gasteiger partial charge in [-0.15, -0.1) is 0 Å². The predicted molar refractivity (Wildman–Crippen MR) is 95.3 cm³/mol. The van der Waals surface area contributed by atoms with Crippen LogP contribution in [-0.4, -0.2) is 27.7 Å². The zero-order valence-corrected chi connectivity index (χ0v) is 14.7. The third-order valence-corrected chi connectivity index (χ3v) is 3.85. The number of benzene rings is 1. The molecule has 0 bridgehead atoms. The minimum absolute atomic E-state index is 0.209. The predicted octanol–water partition coefficient (Wildman–Crippen LogP) is 3.27. The summed E-state index contributed by atoms with van der Waals surface area (Å²) in [4.78, 5) is 24.5. The molecule has 7 nitrogen and oxygen atoms in total. The lowest BCUT2D eigenvalue weighted by molar-refractivity contribution is -0.123. The minimum atomic E-state index is -0.982. The molecule has 1 aromatic carbocycles. The van der Waals surface area contributed by atoms with Crippen LogP contribution >= 0.6 is 0 Å². The third-order valence-electron chi connectivity index (χ3n) is 3.85. The molecule has 1 amide bonds. The molecule has 0 fully saturated rings. The summed E-state index contributed by atoms with van der Waals surface area (Å²) in [5.41, 5.74) is 2.90. The molecule has 0 aliphatic rings. The summed E-state index contributed by atoms with van der Waals surface area (Å²) >= 11 is 0. The number of anilines is 1. The topological polar surface area (TPSA) is 86.4 Å². The molecule has 0 aliphatic heterocycles. The Balaban J connectivity index is 1.69. The van der Waals surface area contributed by atoms with Crippen LogP contribution in [0.1, 0.15) is 28.5 Å². The summed E-state index contributed by atoms with van der Waals surface area (Å²) in [6.07, 6.45) is 2.81. The van der Waals surface area contributed by atoms with E-state index in [-0.39, 0.29) is 5.88 Å². The van der Waals surface area contributed by atoms with Gasteiger partial charge in [-0.3, -0.25) is 10.1 Å². The van der Waals surface area contributed by atoms with Crippen LogP contribution in [0.5, 0.6) is 0 Å². The molecular formula is C19H19N3O4. The van der Waals surface area contributed by atoms with Crippen molar-refractivity contribution >= 4 is 17.8 Å². The van der Waals surface area contributed by atoms with Crippen LogP contribution in [0.2, 0.25) is 0 Å². The molecule has 26 heavy (non-hydrogen) atoms. The summed E-state index contributed by atoms with van der Waals surface area (Å²) in [5, 5.41) is 6.19. The van der Waals surface area contributed by atoms with E-state index in [0.717, 1.165) is 11.3 Å². The average molecular weight is 353 g/mol. The van der Waals surface area contributed by atoms with Crippen molar-refractivity contribution in [2.24, 2.45) is 0 Å². The van der Waals surface area contributed by atoms with E-state index >= 15 is 0 Å². The van der Waals surface area contributed by atoms with Crippen LogP contribution in [0.15, 0.2) is 53.3 Å². The number of hydrogen-bond donors (Lipinski definition) is 1. The fourth-order valence-corrected chi connectivity index (χ4v) is 2.44. The second-order valence-electron chi connectivity index (χ2n) is 5.96. The van der Waals surface area contributed by atoms with Gasteiger partial charge in [0.25, 0.3) is 5.91 Å². The number of amides is 1. The largest absolute Gasteiger partial charge is 0.449 e. The molecule has 0 saturated carbocycles. The number of ether oxygens (including phenoxy) is 1. The molecule has 1 N–H and O–H groups in total. The molecule has 2 aromatic heterocycles. The van der Waals surface area contributed by atoms with Gasteiger partial charge in [-0.2, -0.15) is 0 Å². The molecule has 7 heteroatoms. The molecule has 0 aliphatic carbocycles. The Labute approximate surface area is 150 Å². The Morgan fingerprint density at radius 1 is 1.19 bits per heavy atom. The summed E-state index contributed by atoms with van der Waals surface area (Å²) < 4.78 is 12.1. The maximum Gasteiger partial charge on any atom is 0.338 e. The molecule has 1 atom stereocenters. The molecule has 0 radical (unpaired) electrons. The molecule has 3 rings (SSSR count). The first-order valence-corrected chi connectivity index (χ1v) is 8.13. The standard InChI is InChI=1S/C19H19N3O4/c1-12-6-7-15(11-16(12)22-8-4-5-9-22)19(24)25-14(3)18(23)20-17-10-13(2)21-26-17/h4-11,14H,1-3H3,(H,20,23). The van der Waals surface area contributed by atoms with Crippen LogP contribution in [-0.2, 0) is 9.53 Å². The highest BCUT2D eigenvalue weighted by atomic mass is 16.5. The third kappa shape index (κ3) is 3.83. The van der Waals surface area contributed by atoms with Gasteiger partial charge in [-0.05, 0) is 50.6 Å². The highest BCUT2D eigenvalue weighted by Crippen LogP contribution is 2.18. The maximum atomic E-state index is 12.4. The molecular weight excluding hydrogens is 334 g/mol. The number of hydrogen-bond acceptors (Lipinski definition) is 5. The summed E-state index contributed by atoms with van der Waals surface area (Å²) in [5.74, 6) is -0.859. The number of rotatable bonds is 5. The van der Waals surface area contributed by atoms with Gasteiger partial charge in [0, 0.05) is 24.1 Å². The lowest BCUT2D eigenvalue weighted by atomic mass is 10.1. The summed E-state index contributed by atoms with van der Waals surface area (Å²) in [7, 11) is 0. The van der Waals surface area contributed by atoms with Crippen molar-refractivity contribution in [1.82, 2.24) is 9.72 Å². The number of nitrogens with one attached hydrogen (secondary N) is 1. The second kappa shape index (κ2) is 7.26. The van der Waals surface area contributed by atoms with E-state index in [9.17, 15) is 9.59 Å². The fourth-order valence-electron chi connectivity index (χ4n) is 2.44. The molecule has 0 spiro atoms. The van der Waals surface area contributed by atoms with E-state index in [0.29, 0.717) is 11.3 Å². The van der Waals surface area contributed by atoms with E-state index < -0.39 is 18.0 Å². The van der Waals surface area contributed by atoms with E-state index in [2.05, 4.69) is 10.5 Å². The van der Waals surface area contributed by atoms with Crippen molar-refractivity contribution in [2.75, 3.05) is 5.32 Å². The second-order valence-corrected chi connectivity index (χ2v) is 5.96. The van der Waals surface area contributed by atoms with Crippen molar-refractivity contribution in [2.45, 2.75) is 26.9 Å². The van der Waals surface area contributed by atoms with Gasteiger partial charge >= 0.3 is 5.97 Å². The molecule has 134 valence electrons. The van der Waals surface area contributed by atoms with Gasteiger partial charge in [-0.1, -0.05) is 11.2 Å². The Morgan fingerprint density at radius 2 is 1.92 bits per heavy atom. The van der Waals surface area contributed by atoms with Gasteiger partial charge in [0.1, 0.15) is 0 Å². The van der Waals surface area contributed by atoms with Crippen molar-refractivity contribution in [3.63, 3.8) is 0 Å². The van der Waals surface area contributed by atoms with E-state index in [4.69, 9.17) is 9.26 Å². The van der Waals surface area contributed by atoms with Crippen LogP contribution in [0.3, 0.4) is 0 Å². The first kappa shape index (κ1) is 17.5. The smallest absolute Gasteiger partial charge is 0.338 e. The number of aromatic nitrogens is 2. The number of esters is 1. The van der Waals surface area contributed by atoms with E-state index in [1.165, 1.54) is 6.92 Å².